The first-order valence-electron chi connectivity index (χ1n) is 7.95. The molecule has 1 aliphatic rings. The predicted molar refractivity (Wildman–Crippen MR) is 96.5 cm³/mol. The number of nitrogens with zero attached hydrogens (tertiary/aromatic N) is 1. The van der Waals surface area contributed by atoms with Gasteiger partial charge in [0.2, 0.25) is 5.91 Å². The lowest BCUT2D eigenvalue weighted by atomic mass is 9.92. The number of amides is 4. The van der Waals surface area contributed by atoms with E-state index < -0.39 is 23.4 Å². The molecule has 1 aromatic carbocycles. The Balaban J connectivity index is 2.20. The summed E-state index contributed by atoms with van der Waals surface area (Å²) < 4.78 is 0. The Morgan fingerprint density at radius 3 is 2.48 bits per heavy atom. The van der Waals surface area contributed by atoms with Gasteiger partial charge < -0.3 is 10.6 Å². The summed E-state index contributed by atoms with van der Waals surface area (Å²) in [6, 6.07) is 3.99. The van der Waals surface area contributed by atoms with Gasteiger partial charge in [0, 0.05) is 21.7 Å². The first-order valence-corrected chi connectivity index (χ1v) is 8.71. The molecule has 1 aliphatic heterocycles. The molecule has 2 atom stereocenters. The zero-order valence-electron chi connectivity index (χ0n) is 14.5. The third-order valence-electron chi connectivity index (χ3n) is 4.44. The van der Waals surface area contributed by atoms with E-state index in [1.807, 2.05) is 20.8 Å². The van der Waals surface area contributed by atoms with E-state index >= 15 is 0 Å². The molecule has 0 radical (unpaired) electrons. The summed E-state index contributed by atoms with van der Waals surface area (Å²) in [4.78, 5) is 38.1. The molecule has 1 heterocycles. The van der Waals surface area contributed by atoms with Crippen molar-refractivity contribution in [1.29, 1.82) is 0 Å². The molecular weight excluding hydrogens is 365 g/mol. The highest BCUT2D eigenvalue weighted by Gasteiger charge is 2.50. The zero-order chi connectivity index (χ0) is 18.9. The van der Waals surface area contributed by atoms with Gasteiger partial charge in [-0.05, 0) is 31.9 Å². The van der Waals surface area contributed by atoms with Crippen molar-refractivity contribution in [3.8, 4) is 0 Å². The van der Waals surface area contributed by atoms with Gasteiger partial charge in [-0.3, -0.25) is 14.5 Å². The fourth-order valence-electron chi connectivity index (χ4n) is 2.53. The van der Waals surface area contributed by atoms with E-state index in [4.69, 9.17) is 23.2 Å². The molecule has 0 aliphatic carbocycles. The quantitative estimate of drug-likeness (QED) is 0.764. The van der Waals surface area contributed by atoms with Gasteiger partial charge in [0.15, 0.2) is 0 Å². The minimum Gasteiger partial charge on any atom is -0.352 e. The summed E-state index contributed by atoms with van der Waals surface area (Å²) in [6.07, 6.45) is 0. The Morgan fingerprint density at radius 1 is 1.28 bits per heavy atom. The zero-order valence-corrected chi connectivity index (χ0v) is 16.0. The van der Waals surface area contributed by atoms with E-state index in [-0.39, 0.29) is 23.5 Å². The summed E-state index contributed by atoms with van der Waals surface area (Å²) in [5, 5.41) is 6.09. The predicted octanol–water partition coefficient (Wildman–Crippen LogP) is 2.92. The van der Waals surface area contributed by atoms with E-state index in [9.17, 15) is 14.4 Å². The molecule has 25 heavy (non-hydrogen) atoms. The maximum Gasteiger partial charge on any atom is 0.325 e. The van der Waals surface area contributed by atoms with Crippen LogP contribution in [0.15, 0.2) is 18.2 Å². The highest BCUT2D eigenvalue weighted by Crippen LogP contribution is 2.34. The molecule has 0 aromatic heterocycles. The van der Waals surface area contributed by atoms with Crippen molar-refractivity contribution in [2.24, 2.45) is 5.92 Å². The fourth-order valence-corrected chi connectivity index (χ4v) is 3.13. The smallest absolute Gasteiger partial charge is 0.325 e. The van der Waals surface area contributed by atoms with Crippen molar-refractivity contribution in [3.63, 3.8) is 0 Å². The summed E-state index contributed by atoms with van der Waals surface area (Å²) >= 11 is 12.1. The van der Waals surface area contributed by atoms with Crippen molar-refractivity contribution in [1.82, 2.24) is 15.5 Å². The standard InChI is InChI=1S/C17H21Cl2N3O3/c1-9(2)10(3)20-14(23)8-22-15(24)17(4,21-16(22)25)12-6-5-11(18)7-13(12)19/h5-7,9-10H,8H2,1-4H3,(H,20,23)(H,21,25). The van der Waals surface area contributed by atoms with Crippen LogP contribution in [0.2, 0.25) is 10.0 Å². The van der Waals surface area contributed by atoms with Crippen molar-refractivity contribution in [2.45, 2.75) is 39.3 Å². The molecule has 1 saturated heterocycles. The van der Waals surface area contributed by atoms with Gasteiger partial charge in [0.1, 0.15) is 12.1 Å². The van der Waals surface area contributed by atoms with Crippen molar-refractivity contribution < 1.29 is 14.4 Å². The first-order chi connectivity index (χ1) is 11.6. The molecule has 2 N–H and O–H groups in total. The fraction of sp³-hybridized carbons (Fsp3) is 0.471. The van der Waals surface area contributed by atoms with Crippen LogP contribution < -0.4 is 10.6 Å². The second-order valence-electron chi connectivity index (χ2n) is 6.67. The summed E-state index contributed by atoms with van der Waals surface area (Å²) in [5.74, 6) is -0.685. The summed E-state index contributed by atoms with van der Waals surface area (Å²) in [7, 11) is 0. The molecule has 2 rings (SSSR count). The lowest BCUT2D eigenvalue weighted by Gasteiger charge is -2.24. The van der Waals surface area contributed by atoms with Gasteiger partial charge in [-0.2, -0.15) is 0 Å². The number of hydrogen-bond acceptors (Lipinski definition) is 3. The molecule has 4 amide bonds. The van der Waals surface area contributed by atoms with E-state index in [0.717, 1.165) is 4.90 Å². The third kappa shape index (κ3) is 3.90. The van der Waals surface area contributed by atoms with E-state index in [1.165, 1.54) is 6.07 Å². The lowest BCUT2D eigenvalue weighted by Crippen LogP contribution is -2.46. The second-order valence-corrected chi connectivity index (χ2v) is 7.51. The van der Waals surface area contributed by atoms with Crippen LogP contribution in [0.1, 0.15) is 33.3 Å². The minimum atomic E-state index is -1.34. The van der Waals surface area contributed by atoms with E-state index in [0.29, 0.717) is 10.6 Å². The van der Waals surface area contributed by atoms with Gasteiger partial charge in [-0.15, -0.1) is 0 Å². The topological polar surface area (TPSA) is 78.5 Å². The molecule has 1 fully saturated rings. The van der Waals surface area contributed by atoms with Gasteiger partial charge in [0.05, 0.1) is 0 Å². The number of urea groups is 1. The lowest BCUT2D eigenvalue weighted by molar-refractivity contribution is -0.135. The maximum absolute atomic E-state index is 12.8. The van der Waals surface area contributed by atoms with E-state index in [2.05, 4.69) is 10.6 Å². The molecule has 0 spiro atoms. The number of carbonyl (C=O) groups is 3. The van der Waals surface area contributed by atoms with Crippen LogP contribution in [0, 0.1) is 5.92 Å². The molecule has 0 bridgehead atoms. The molecular formula is C17H21Cl2N3O3. The molecule has 1 aromatic rings. The third-order valence-corrected chi connectivity index (χ3v) is 4.98. The van der Waals surface area contributed by atoms with Crippen LogP contribution in [0.4, 0.5) is 4.79 Å². The Bertz CT molecular complexity index is 723. The number of nitrogens with one attached hydrogen (secondary N) is 2. The van der Waals surface area contributed by atoms with Crippen LogP contribution in [0.25, 0.3) is 0 Å². The number of carbonyl (C=O) groups excluding carboxylic acids is 3. The number of rotatable bonds is 5. The van der Waals surface area contributed by atoms with Crippen molar-refractivity contribution in [3.05, 3.63) is 33.8 Å². The largest absolute Gasteiger partial charge is 0.352 e. The molecule has 2 unspecified atom stereocenters. The Labute approximate surface area is 156 Å². The number of benzene rings is 1. The van der Waals surface area contributed by atoms with Gasteiger partial charge in [0.25, 0.3) is 5.91 Å². The Morgan fingerprint density at radius 2 is 1.92 bits per heavy atom. The van der Waals surface area contributed by atoms with Crippen LogP contribution in [-0.4, -0.2) is 35.3 Å². The molecule has 0 saturated carbocycles. The second kappa shape index (κ2) is 7.22. The Kier molecular flexibility index (Phi) is 5.64. The highest BCUT2D eigenvalue weighted by atomic mass is 35.5. The molecule has 8 heteroatoms. The van der Waals surface area contributed by atoms with Gasteiger partial charge in [-0.25, -0.2) is 4.79 Å². The van der Waals surface area contributed by atoms with Crippen molar-refractivity contribution >= 4 is 41.0 Å². The van der Waals surface area contributed by atoms with Crippen LogP contribution in [-0.2, 0) is 15.1 Å². The highest BCUT2D eigenvalue weighted by molar-refractivity contribution is 6.35. The van der Waals surface area contributed by atoms with Gasteiger partial charge >= 0.3 is 6.03 Å². The number of imide groups is 1. The normalized spacial score (nSPS) is 21.5. The van der Waals surface area contributed by atoms with Crippen LogP contribution in [0.3, 0.4) is 0 Å². The van der Waals surface area contributed by atoms with Crippen LogP contribution >= 0.6 is 23.2 Å². The number of hydrogen-bond donors (Lipinski definition) is 2. The summed E-state index contributed by atoms with van der Waals surface area (Å²) in [5.41, 5.74) is -0.918. The molecule has 6 nitrogen and oxygen atoms in total. The first kappa shape index (κ1) is 19.5. The molecule has 136 valence electrons. The number of halogens is 2. The average molecular weight is 386 g/mol. The average Bonchev–Trinajstić information content (AvgIpc) is 2.71. The van der Waals surface area contributed by atoms with Gasteiger partial charge in [-0.1, -0.05) is 43.1 Å². The van der Waals surface area contributed by atoms with Crippen LogP contribution in [0.5, 0.6) is 0 Å². The minimum absolute atomic E-state index is 0.0645. The SMILES string of the molecule is CC(C)C(C)NC(=O)CN1C(=O)NC(C)(c2ccc(Cl)cc2Cl)C1=O. The summed E-state index contributed by atoms with van der Waals surface area (Å²) in [6.45, 7) is 7.02. The maximum atomic E-state index is 12.8. The van der Waals surface area contributed by atoms with Crippen molar-refractivity contribution in [2.75, 3.05) is 6.54 Å². The van der Waals surface area contributed by atoms with E-state index in [1.54, 1.807) is 19.1 Å². The Hall–Kier alpha value is -1.79. The monoisotopic (exact) mass is 385 g/mol.